The average Bonchev–Trinajstić information content (AvgIpc) is 2.85. The fraction of sp³-hybridized carbons (Fsp3) is 0.231. The first-order valence-corrected chi connectivity index (χ1v) is 6.16. The Balaban J connectivity index is 2.04. The molecular weight excluding hydrogens is 268 g/mol. The van der Waals surface area contributed by atoms with Crippen molar-refractivity contribution < 1.29 is 9.34 Å². The van der Waals surface area contributed by atoms with E-state index in [4.69, 9.17) is 16.0 Å². The molecule has 0 amide bonds. The lowest BCUT2D eigenvalue weighted by Crippen LogP contribution is -2.06. The van der Waals surface area contributed by atoms with Crippen LogP contribution in [0.5, 0.6) is 0 Å². The van der Waals surface area contributed by atoms with Crippen molar-refractivity contribution in [3.63, 3.8) is 0 Å². The number of nitrogens with one attached hydrogen (secondary N) is 1. The van der Waals surface area contributed by atoms with Crippen molar-refractivity contribution in [1.29, 1.82) is 0 Å². The van der Waals surface area contributed by atoms with Crippen molar-refractivity contribution in [2.24, 2.45) is 0 Å². The smallest absolute Gasteiger partial charge is 0.288 e. The van der Waals surface area contributed by atoms with Gasteiger partial charge >= 0.3 is 0 Å². The number of rotatable bonds is 5. The van der Waals surface area contributed by atoms with Crippen LogP contribution in [0, 0.1) is 17.0 Å². The Morgan fingerprint density at radius 3 is 2.89 bits per heavy atom. The second-order valence-corrected chi connectivity index (χ2v) is 4.54. The van der Waals surface area contributed by atoms with Crippen LogP contribution in [-0.2, 0) is 6.42 Å². The van der Waals surface area contributed by atoms with Gasteiger partial charge in [-0.2, -0.15) is 0 Å². The van der Waals surface area contributed by atoms with Crippen LogP contribution < -0.4 is 5.32 Å². The number of hydrogen-bond donors (Lipinski definition) is 1. The van der Waals surface area contributed by atoms with Crippen LogP contribution in [0.15, 0.2) is 34.9 Å². The van der Waals surface area contributed by atoms with E-state index in [-0.39, 0.29) is 10.7 Å². The molecular formula is C13H13ClN2O3. The fourth-order valence-corrected chi connectivity index (χ4v) is 2.00. The first-order chi connectivity index (χ1) is 9.08. The number of anilines is 1. The number of nitrogens with zero attached hydrogens (tertiary/aromatic N) is 1. The van der Waals surface area contributed by atoms with Crippen molar-refractivity contribution >= 4 is 23.0 Å². The molecule has 0 aliphatic heterocycles. The third-order valence-corrected chi connectivity index (χ3v) is 3.06. The van der Waals surface area contributed by atoms with Crippen LogP contribution in [0.1, 0.15) is 11.3 Å². The van der Waals surface area contributed by atoms with Crippen LogP contribution in [0.4, 0.5) is 11.4 Å². The van der Waals surface area contributed by atoms with E-state index >= 15 is 0 Å². The first-order valence-electron chi connectivity index (χ1n) is 5.78. The summed E-state index contributed by atoms with van der Waals surface area (Å²) in [5, 5.41) is 14.1. The molecule has 1 N–H and O–H groups in total. The van der Waals surface area contributed by atoms with E-state index in [9.17, 15) is 10.1 Å². The van der Waals surface area contributed by atoms with Gasteiger partial charge in [0.2, 0.25) is 0 Å². The first kappa shape index (κ1) is 13.4. The molecule has 1 aromatic heterocycles. The molecule has 0 spiro atoms. The number of hydrogen-bond acceptors (Lipinski definition) is 4. The molecule has 0 saturated heterocycles. The monoisotopic (exact) mass is 280 g/mol. The van der Waals surface area contributed by atoms with Gasteiger partial charge in [0.05, 0.1) is 11.2 Å². The number of benzene rings is 1. The van der Waals surface area contributed by atoms with Gasteiger partial charge in [-0.3, -0.25) is 10.1 Å². The van der Waals surface area contributed by atoms with Crippen LogP contribution >= 0.6 is 11.6 Å². The van der Waals surface area contributed by atoms with E-state index in [0.717, 1.165) is 23.4 Å². The molecule has 6 heteroatoms. The number of aryl methyl sites for hydroxylation is 1. The van der Waals surface area contributed by atoms with Crippen molar-refractivity contribution in [3.8, 4) is 0 Å². The highest BCUT2D eigenvalue weighted by Crippen LogP contribution is 2.30. The van der Waals surface area contributed by atoms with Gasteiger partial charge in [-0.25, -0.2) is 0 Å². The molecule has 0 fully saturated rings. The van der Waals surface area contributed by atoms with E-state index in [2.05, 4.69) is 5.32 Å². The van der Waals surface area contributed by atoms with Crippen molar-refractivity contribution in [3.05, 3.63) is 57.0 Å². The third-order valence-electron chi connectivity index (χ3n) is 2.76. The summed E-state index contributed by atoms with van der Waals surface area (Å²) in [6.07, 6.45) is 2.37. The van der Waals surface area contributed by atoms with Gasteiger partial charge in [0.25, 0.3) is 5.69 Å². The number of halogens is 1. The number of furan rings is 1. The van der Waals surface area contributed by atoms with Crippen LogP contribution in [0.25, 0.3) is 0 Å². The van der Waals surface area contributed by atoms with E-state index in [1.165, 1.54) is 6.07 Å². The Kier molecular flexibility index (Phi) is 4.06. The van der Waals surface area contributed by atoms with Gasteiger partial charge in [0.15, 0.2) is 0 Å². The molecule has 0 atom stereocenters. The molecule has 1 aromatic carbocycles. The fourth-order valence-electron chi connectivity index (χ4n) is 1.77. The predicted octanol–water partition coefficient (Wildman–Crippen LogP) is 3.80. The normalized spacial score (nSPS) is 10.4. The minimum atomic E-state index is -0.484. The van der Waals surface area contributed by atoms with Gasteiger partial charge in [-0.15, -0.1) is 0 Å². The average molecular weight is 281 g/mol. The zero-order valence-electron chi connectivity index (χ0n) is 10.4. The zero-order chi connectivity index (χ0) is 13.8. The minimum absolute atomic E-state index is 0.0734. The maximum atomic E-state index is 10.7. The summed E-state index contributed by atoms with van der Waals surface area (Å²) in [4.78, 5) is 10.3. The second-order valence-electron chi connectivity index (χ2n) is 4.13. The molecule has 100 valence electrons. The highest BCUT2D eigenvalue weighted by molar-refractivity contribution is 6.33. The van der Waals surface area contributed by atoms with Gasteiger partial charge in [0.1, 0.15) is 10.8 Å². The summed E-state index contributed by atoms with van der Waals surface area (Å²) in [5.74, 6) is 0.887. The molecule has 19 heavy (non-hydrogen) atoms. The van der Waals surface area contributed by atoms with Crippen LogP contribution in [0.3, 0.4) is 0 Å². The van der Waals surface area contributed by atoms with E-state index in [0.29, 0.717) is 6.54 Å². The highest BCUT2D eigenvalue weighted by Gasteiger charge is 2.14. The molecule has 2 aromatic rings. The molecule has 0 bridgehead atoms. The Bertz CT molecular complexity index is 582. The molecule has 0 aliphatic carbocycles. The lowest BCUT2D eigenvalue weighted by molar-refractivity contribution is -0.384. The van der Waals surface area contributed by atoms with Gasteiger partial charge in [-0.1, -0.05) is 11.6 Å². The Morgan fingerprint density at radius 2 is 2.26 bits per heavy atom. The van der Waals surface area contributed by atoms with E-state index < -0.39 is 4.92 Å². The van der Waals surface area contributed by atoms with Gasteiger partial charge < -0.3 is 9.73 Å². The standard InChI is InChI=1S/C13H13ClN2O3/c1-9-7-13(16(17)18)11(14)8-12(9)15-5-4-10-3-2-6-19-10/h2-3,6-8,15H,4-5H2,1H3. The SMILES string of the molecule is Cc1cc([N+](=O)[O-])c(Cl)cc1NCCc1ccco1. The molecule has 1 heterocycles. The van der Waals surface area contributed by atoms with Crippen molar-refractivity contribution in [2.45, 2.75) is 13.3 Å². The molecule has 5 nitrogen and oxygen atoms in total. The molecule has 0 saturated carbocycles. The minimum Gasteiger partial charge on any atom is -0.469 e. The van der Waals surface area contributed by atoms with Gasteiger partial charge in [0, 0.05) is 24.7 Å². The van der Waals surface area contributed by atoms with E-state index in [1.54, 1.807) is 19.3 Å². The summed E-state index contributed by atoms with van der Waals surface area (Å²) >= 11 is 5.87. The largest absolute Gasteiger partial charge is 0.469 e. The summed E-state index contributed by atoms with van der Waals surface area (Å²) in [7, 11) is 0. The summed E-state index contributed by atoms with van der Waals surface area (Å²) in [6, 6.07) is 6.79. The Hall–Kier alpha value is -2.01. The van der Waals surface area contributed by atoms with Crippen molar-refractivity contribution in [2.75, 3.05) is 11.9 Å². The van der Waals surface area contributed by atoms with Crippen LogP contribution in [-0.4, -0.2) is 11.5 Å². The second kappa shape index (κ2) is 5.75. The van der Waals surface area contributed by atoms with Gasteiger partial charge in [-0.05, 0) is 30.7 Å². The zero-order valence-corrected chi connectivity index (χ0v) is 11.1. The maximum absolute atomic E-state index is 10.7. The number of nitro benzene ring substituents is 1. The summed E-state index contributed by atoms with van der Waals surface area (Å²) < 4.78 is 5.22. The topological polar surface area (TPSA) is 68.3 Å². The number of nitro groups is 1. The highest BCUT2D eigenvalue weighted by atomic mass is 35.5. The van der Waals surface area contributed by atoms with E-state index in [1.807, 2.05) is 12.1 Å². The maximum Gasteiger partial charge on any atom is 0.288 e. The Morgan fingerprint density at radius 1 is 1.47 bits per heavy atom. The lowest BCUT2D eigenvalue weighted by Gasteiger charge is -2.09. The lowest BCUT2D eigenvalue weighted by atomic mass is 10.1. The predicted molar refractivity (Wildman–Crippen MR) is 73.7 cm³/mol. The summed E-state index contributed by atoms with van der Waals surface area (Å²) in [6.45, 7) is 2.47. The molecule has 0 aliphatic rings. The summed E-state index contributed by atoms with van der Waals surface area (Å²) in [5.41, 5.74) is 1.51. The van der Waals surface area contributed by atoms with Crippen LogP contribution in [0.2, 0.25) is 5.02 Å². The third kappa shape index (κ3) is 3.26. The molecule has 2 rings (SSSR count). The Labute approximate surface area is 115 Å². The van der Waals surface area contributed by atoms with Crippen molar-refractivity contribution in [1.82, 2.24) is 0 Å². The quantitative estimate of drug-likeness (QED) is 0.668. The molecule has 0 radical (unpaired) electrons. The molecule has 0 unspecified atom stereocenters.